The third kappa shape index (κ3) is 2.90. The quantitative estimate of drug-likeness (QED) is 0.636. The van der Waals surface area contributed by atoms with Gasteiger partial charge in [0.1, 0.15) is 0 Å². The van der Waals surface area contributed by atoms with Gasteiger partial charge in [-0.15, -0.1) is 0 Å². The maximum Gasteiger partial charge on any atom is 0.313 e. The molecule has 6 heteroatoms. The summed E-state index contributed by atoms with van der Waals surface area (Å²) in [5.41, 5.74) is 1.92. The number of aryl methyl sites for hydroxylation is 1. The molecule has 19 heavy (non-hydrogen) atoms. The van der Waals surface area contributed by atoms with E-state index >= 15 is 0 Å². The van der Waals surface area contributed by atoms with E-state index in [0.29, 0.717) is 10.3 Å². The number of nitrogens with zero attached hydrogens (tertiary/aromatic N) is 3. The highest BCUT2D eigenvalue weighted by atomic mass is 79.9. The second-order valence-corrected chi connectivity index (χ2v) is 5.07. The topological polar surface area (TPSA) is 59.3 Å². The molecule has 1 heterocycles. The van der Waals surface area contributed by atoms with Gasteiger partial charge in [0.15, 0.2) is 0 Å². The van der Waals surface area contributed by atoms with Crippen molar-refractivity contribution in [1.82, 2.24) is 4.98 Å². The molecule has 0 fully saturated rings. The van der Waals surface area contributed by atoms with Crippen LogP contribution in [0.4, 0.5) is 17.2 Å². The molecule has 0 atom stereocenters. The Morgan fingerprint density at radius 2 is 2.11 bits per heavy atom. The van der Waals surface area contributed by atoms with Crippen molar-refractivity contribution in [3.63, 3.8) is 0 Å². The van der Waals surface area contributed by atoms with Crippen molar-refractivity contribution in [2.24, 2.45) is 0 Å². The zero-order valence-corrected chi connectivity index (χ0v) is 12.1. The number of benzene rings is 1. The van der Waals surface area contributed by atoms with Gasteiger partial charge >= 0.3 is 5.69 Å². The van der Waals surface area contributed by atoms with Crippen LogP contribution in [0.3, 0.4) is 0 Å². The van der Waals surface area contributed by atoms with E-state index in [1.54, 1.807) is 18.1 Å². The SMILES string of the molecule is Cc1cccc(N(C)c2ncc(Br)cc2[N+](=O)[O-])c1. The first kappa shape index (κ1) is 13.5. The molecule has 0 saturated carbocycles. The standard InChI is InChI=1S/C13H12BrN3O2/c1-9-4-3-5-11(6-9)16(2)13-12(17(18)19)7-10(14)8-15-13/h3-8H,1-2H3. The Morgan fingerprint density at radius 1 is 1.37 bits per heavy atom. The highest BCUT2D eigenvalue weighted by molar-refractivity contribution is 9.10. The van der Waals surface area contributed by atoms with Crippen LogP contribution >= 0.6 is 15.9 Å². The van der Waals surface area contributed by atoms with Crippen molar-refractivity contribution in [3.05, 3.63) is 56.7 Å². The van der Waals surface area contributed by atoms with Crippen molar-refractivity contribution < 1.29 is 4.92 Å². The molecule has 0 saturated heterocycles. The van der Waals surface area contributed by atoms with Crippen molar-refractivity contribution >= 4 is 33.1 Å². The van der Waals surface area contributed by atoms with Crippen molar-refractivity contribution in [2.75, 3.05) is 11.9 Å². The van der Waals surface area contributed by atoms with Crippen LogP contribution in [-0.2, 0) is 0 Å². The summed E-state index contributed by atoms with van der Waals surface area (Å²) < 4.78 is 0.584. The Labute approximate surface area is 119 Å². The molecule has 0 unspecified atom stereocenters. The molecule has 0 N–H and O–H groups in total. The van der Waals surface area contributed by atoms with Gasteiger partial charge in [-0.3, -0.25) is 10.1 Å². The van der Waals surface area contributed by atoms with Gasteiger partial charge in [0.25, 0.3) is 0 Å². The highest BCUT2D eigenvalue weighted by Crippen LogP contribution is 2.32. The lowest BCUT2D eigenvalue weighted by Crippen LogP contribution is -2.13. The second-order valence-electron chi connectivity index (χ2n) is 4.15. The van der Waals surface area contributed by atoms with Crippen LogP contribution in [0.5, 0.6) is 0 Å². The van der Waals surface area contributed by atoms with Crippen LogP contribution in [0.15, 0.2) is 41.0 Å². The Bertz CT molecular complexity index is 631. The summed E-state index contributed by atoms with van der Waals surface area (Å²) in [5.74, 6) is 0.318. The van der Waals surface area contributed by atoms with Crippen LogP contribution in [0.25, 0.3) is 0 Å². The molecule has 2 rings (SSSR count). The van der Waals surface area contributed by atoms with Crippen LogP contribution in [0.1, 0.15) is 5.56 Å². The summed E-state index contributed by atoms with van der Waals surface area (Å²) >= 11 is 3.20. The van der Waals surface area contributed by atoms with Gasteiger partial charge in [0, 0.05) is 29.5 Å². The van der Waals surface area contributed by atoms with E-state index < -0.39 is 4.92 Å². The molecular formula is C13H12BrN3O2. The lowest BCUT2D eigenvalue weighted by molar-refractivity contribution is -0.384. The van der Waals surface area contributed by atoms with Gasteiger partial charge < -0.3 is 4.90 Å². The number of rotatable bonds is 3. The first-order valence-corrected chi connectivity index (χ1v) is 6.38. The van der Waals surface area contributed by atoms with Gasteiger partial charge in [0.2, 0.25) is 5.82 Å². The second kappa shape index (κ2) is 5.36. The predicted octanol–water partition coefficient (Wildman–Crippen LogP) is 3.83. The molecule has 5 nitrogen and oxygen atoms in total. The van der Waals surface area contributed by atoms with Gasteiger partial charge in [-0.2, -0.15) is 0 Å². The van der Waals surface area contributed by atoms with E-state index in [1.807, 2.05) is 31.2 Å². The largest absolute Gasteiger partial charge is 0.324 e. The molecule has 0 spiro atoms. The first-order valence-electron chi connectivity index (χ1n) is 5.59. The van der Waals surface area contributed by atoms with E-state index in [0.717, 1.165) is 11.3 Å². The monoisotopic (exact) mass is 321 g/mol. The van der Waals surface area contributed by atoms with Crippen LogP contribution in [0, 0.1) is 17.0 Å². The number of nitro groups is 1. The van der Waals surface area contributed by atoms with E-state index in [2.05, 4.69) is 20.9 Å². The average Bonchev–Trinajstić information content (AvgIpc) is 2.37. The number of halogens is 1. The van der Waals surface area contributed by atoms with Crippen molar-refractivity contribution in [3.8, 4) is 0 Å². The number of pyridine rings is 1. The van der Waals surface area contributed by atoms with E-state index in [-0.39, 0.29) is 5.69 Å². The number of hydrogen-bond acceptors (Lipinski definition) is 4. The fourth-order valence-corrected chi connectivity index (χ4v) is 2.09. The summed E-state index contributed by atoms with van der Waals surface area (Å²) in [4.78, 5) is 16.5. The molecule has 1 aromatic carbocycles. The summed E-state index contributed by atoms with van der Waals surface area (Å²) in [5, 5.41) is 11.1. The first-order chi connectivity index (χ1) is 8.99. The normalized spacial score (nSPS) is 10.3. The Balaban J connectivity index is 2.49. The zero-order valence-electron chi connectivity index (χ0n) is 10.5. The maximum atomic E-state index is 11.1. The summed E-state index contributed by atoms with van der Waals surface area (Å²) in [6, 6.07) is 9.18. The molecule has 0 aliphatic carbocycles. The third-order valence-electron chi connectivity index (χ3n) is 2.72. The van der Waals surface area contributed by atoms with Gasteiger partial charge in [-0.05, 0) is 40.5 Å². The summed E-state index contributed by atoms with van der Waals surface area (Å²) in [6.45, 7) is 1.97. The molecule has 0 radical (unpaired) electrons. The minimum absolute atomic E-state index is 0.0293. The van der Waals surface area contributed by atoms with Crippen molar-refractivity contribution in [2.45, 2.75) is 6.92 Å². The van der Waals surface area contributed by atoms with E-state index in [9.17, 15) is 10.1 Å². The molecule has 0 bridgehead atoms. The Hall–Kier alpha value is -1.95. The Morgan fingerprint density at radius 3 is 2.74 bits per heavy atom. The van der Waals surface area contributed by atoms with Crippen LogP contribution in [-0.4, -0.2) is 17.0 Å². The van der Waals surface area contributed by atoms with Crippen LogP contribution < -0.4 is 4.90 Å². The number of anilines is 2. The molecule has 2 aromatic rings. The lowest BCUT2D eigenvalue weighted by atomic mass is 10.2. The van der Waals surface area contributed by atoms with Gasteiger partial charge in [-0.25, -0.2) is 4.98 Å². The fraction of sp³-hybridized carbons (Fsp3) is 0.154. The maximum absolute atomic E-state index is 11.1. The minimum atomic E-state index is -0.431. The Kier molecular flexibility index (Phi) is 3.80. The summed E-state index contributed by atoms with van der Waals surface area (Å²) in [6.07, 6.45) is 1.55. The molecule has 0 aliphatic heterocycles. The third-order valence-corrected chi connectivity index (χ3v) is 3.15. The van der Waals surface area contributed by atoms with Crippen molar-refractivity contribution in [1.29, 1.82) is 0 Å². The average molecular weight is 322 g/mol. The number of aromatic nitrogens is 1. The molecule has 98 valence electrons. The predicted molar refractivity (Wildman–Crippen MR) is 77.8 cm³/mol. The highest BCUT2D eigenvalue weighted by Gasteiger charge is 2.20. The molecule has 0 amide bonds. The van der Waals surface area contributed by atoms with E-state index in [4.69, 9.17) is 0 Å². The zero-order chi connectivity index (χ0) is 14.0. The van der Waals surface area contributed by atoms with Crippen LogP contribution in [0.2, 0.25) is 0 Å². The fourth-order valence-electron chi connectivity index (χ4n) is 1.77. The van der Waals surface area contributed by atoms with Gasteiger partial charge in [0.05, 0.1) is 4.92 Å². The molecular weight excluding hydrogens is 310 g/mol. The minimum Gasteiger partial charge on any atom is -0.324 e. The molecule has 1 aromatic heterocycles. The summed E-state index contributed by atoms with van der Waals surface area (Å²) in [7, 11) is 1.76. The lowest BCUT2D eigenvalue weighted by Gasteiger charge is -2.18. The smallest absolute Gasteiger partial charge is 0.313 e. The molecule has 0 aliphatic rings. The van der Waals surface area contributed by atoms with Gasteiger partial charge in [-0.1, -0.05) is 12.1 Å². The number of hydrogen-bond donors (Lipinski definition) is 0. The van der Waals surface area contributed by atoms with E-state index in [1.165, 1.54) is 6.07 Å².